The number of nitrogens with one attached hydrogen (secondary N) is 3. The Labute approximate surface area is 221 Å². The SMILES string of the molecule is COc1cc(N2CCCN(C)CC2)ccc1Nc1ncc(Cl)c(Nc2ccccc2C(=O)NCCO)n1. The predicted octanol–water partition coefficient (Wildman–Crippen LogP) is 3.49. The van der Waals surface area contributed by atoms with Crippen molar-refractivity contribution >= 4 is 46.3 Å². The minimum atomic E-state index is -0.318. The molecule has 1 saturated heterocycles. The van der Waals surface area contributed by atoms with Crippen LogP contribution in [0.2, 0.25) is 5.02 Å². The summed E-state index contributed by atoms with van der Waals surface area (Å²) in [7, 11) is 3.78. The molecule has 0 radical (unpaired) electrons. The number of ether oxygens (including phenoxy) is 1. The second-order valence-corrected chi connectivity index (χ2v) is 9.10. The Kier molecular flexibility index (Phi) is 8.99. The number of nitrogens with zero attached hydrogens (tertiary/aromatic N) is 4. The Hall–Kier alpha value is -3.60. The second-order valence-electron chi connectivity index (χ2n) is 8.69. The normalized spacial score (nSPS) is 14.1. The number of hydrogen-bond donors (Lipinski definition) is 4. The van der Waals surface area contributed by atoms with Gasteiger partial charge in [-0.05, 0) is 44.3 Å². The number of aliphatic hydroxyl groups is 1. The van der Waals surface area contributed by atoms with E-state index in [-0.39, 0.29) is 19.1 Å². The maximum absolute atomic E-state index is 12.5. The number of anilines is 5. The van der Waals surface area contributed by atoms with Gasteiger partial charge in [-0.2, -0.15) is 4.98 Å². The van der Waals surface area contributed by atoms with Crippen LogP contribution >= 0.6 is 11.6 Å². The van der Waals surface area contributed by atoms with Gasteiger partial charge in [0.2, 0.25) is 5.95 Å². The molecule has 1 aliphatic heterocycles. The Bertz CT molecular complexity index is 1230. The third-order valence-corrected chi connectivity index (χ3v) is 6.36. The van der Waals surface area contributed by atoms with Crippen LogP contribution in [0.1, 0.15) is 16.8 Å². The standard InChI is InChI=1S/C26H32ClN7O3/c1-33-11-5-12-34(14-13-33)18-8-9-22(23(16-18)37-2)31-26-29-17-20(27)24(32-26)30-21-7-4-3-6-19(21)25(36)28-10-15-35/h3-4,6-9,16-17,35H,5,10-15H2,1-2H3,(H,28,36)(H2,29,30,31,32). The summed E-state index contributed by atoms with van der Waals surface area (Å²) < 4.78 is 5.67. The van der Waals surface area contributed by atoms with Gasteiger partial charge in [-0.25, -0.2) is 4.98 Å². The van der Waals surface area contributed by atoms with Crippen LogP contribution in [0.4, 0.5) is 28.8 Å². The molecule has 4 N–H and O–H groups in total. The van der Waals surface area contributed by atoms with E-state index in [9.17, 15) is 4.79 Å². The number of methoxy groups -OCH3 is 1. The molecule has 0 atom stereocenters. The Morgan fingerprint density at radius 1 is 1.11 bits per heavy atom. The third kappa shape index (κ3) is 6.79. The smallest absolute Gasteiger partial charge is 0.253 e. The van der Waals surface area contributed by atoms with Gasteiger partial charge in [0.15, 0.2) is 5.82 Å². The molecule has 2 heterocycles. The number of para-hydroxylation sites is 1. The van der Waals surface area contributed by atoms with Crippen molar-refractivity contribution in [1.29, 1.82) is 0 Å². The lowest BCUT2D eigenvalue weighted by atomic mass is 10.1. The quantitative estimate of drug-likeness (QED) is 0.333. The van der Waals surface area contributed by atoms with Crippen molar-refractivity contribution in [1.82, 2.24) is 20.2 Å². The van der Waals surface area contributed by atoms with Crippen molar-refractivity contribution in [3.8, 4) is 5.75 Å². The first-order valence-corrected chi connectivity index (χ1v) is 12.5. The van der Waals surface area contributed by atoms with Crippen LogP contribution in [-0.4, -0.2) is 79.4 Å². The average Bonchev–Trinajstić information content (AvgIpc) is 3.14. The molecule has 37 heavy (non-hydrogen) atoms. The highest BCUT2D eigenvalue weighted by Gasteiger charge is 2.16. The van der Waals surface area contributed by atoms with Gasteiger partial charge in [0, 0.05) is 37.9 Å². The maximum atomic E-state index is 12.5. The van der Waals surface area contributed by atoms with Crippen molar-refractivity contribution in [3.63, 3.8) is 0 Å². The predicted molar refractivity (Wildman–Crippen MR) is 147 cm³/mol. The molecule has 0 aliphatic carbocycles. The summed E-state index contributed by atoms with van der Waals surface area (Å²) in [5.41, 5.74) is 2.75. The summed E-state index contributed by atoms with van der Waals surface area (Å²) in [4.78, 5) is 26.0. The number of hydrogen-bond acceptors (Lipinski definition) is 9. The molecule has 2 aromatic carbocycles. The van der Waals surface area contributed by atoms with Crippen LogP contribution in [0.25, 0.3) is 0 Å². The van der Waals surface area contributed by atoms with Crippen molar-refractivity contribution in [3.05, 3.63) is 59.2 Å². The molecule has 1 fully saturated rings. The molecular weight excluding hydrogens is 494 g/mol. The molecule has 3 aromatic rings. The monoisotopic (exact) mass is 525 g/mol. The molecule has 1 amide bonds. The highest BCUT2D eigenvalue weighted by Crippen LogP contribution is 2.33. The summed E-state index contributed by atoms with van der Waals surface area (Å²) in [6, 6.07) is 13.0. The lowest BCUT2D eigenvalue weighted by molar-refractivity contribution is 0.0945. The first kappa shape index (κ1) is 26.5. The van der Waals surface area contributed by atoms with E-state index >= 15 is 0 Å². The van der Waals surface area contributed by atoms with Gasteiger partial charge in [-0.3, -0.25) is 4.79 Å². The zero-order chi connectivity index (χ0) is 26.2. The highest BCUT2D eigenvalue weighted by molar-refractivity contribution is 6.33. The minimum absolute atomic E-state index is 0.145. The molecule has 1 aliphatic rings. The molecule has 11 heteroatoms. The summed E-state index contributed by atoms with van der Waals surface area (Å²) in [6.45, 7) is 4.08. The van der Waals surface area contributed by atoms with Crippen LogP contribution in [0.15, 0.2) is 48.7 Å². The number of aromatic nitrogens is 2. The van der Waals surface area contributed by atoms with Gasteiger partial charge in [0.1, 0.15) is 10.8 Å². The van der Waals surface area contributed by atoms with Crippen molar-refractivity contribution < 1.29 is 14.6 Å². The fraction of sp³-hybridized carbons (Fsp3) is 0.346. The number of carbonyl (C=O) groups excluding carboxylic acids is 1. The first-order valence-electron chi connectivity index (χ1n) is 12.1. The Morgan fingerprint density at radius 3 is 2.76 bits per heavy atom. The lowest BCUT2D eigenvalue weighted by Crippen LogP contribution is -2.28. The first-order chi connectivity index (χ1) is 18.0. The number of carbonyl (C=O) groups is 1. The molecule has 4 rings (SSSR count). The molecule has 0 spiro atoms. The zero-order valence-electron chi connectivity index (χ0n) is 21.0. The fourth-order valence-corrected chi connectivity index (χ4v) is 4.24. The van der Waals surface area contributed by atoms with Gasteiger partial charge in [0.05, 0.1) is 36.9 Å². The van der Waals surface area contributed by atoms with E-state index in [2.05, 4.69) is 48.8 Å². The number of benzene rings is 2. The summed E-state index contributed by atoms with van der Waals surface area (Å²) in [6.07, 6.45) is 2.60. The van der Waals surface area contributed by atoms with E-state index in [1.165, 1.54) is 6.20 Å². The molecular formula is C26H32ClN7O3. The number of aliphatic hydroxyl groups excluding tert-OH is 1. The highest BCUT2D eigenvalue weighted by atomic mass is 35.5. The summed E-state index contributed by atoms with van der Waals surface area (Å²) >= 11 is 6.37. The largest absolute Gasteiger partial charge is 0.494 e. The molecule has 0 unspecified atom stereocenters. The van der Waals surface area contributed by atoms with Crippen LogP contribution in [0.5, 0.6) is 5.75 Å². The maximum Gasteiger partial charge on any atom is 0.253 e. The number of likely N-dealkylation sites (N-methyl/N-ethyl adjacent to an activating group) is 1. The van der Waals surface area contributed by atoms with Crippen LogP contribution in [-0.2, 0) is 0 Å². The van der Waals surface area contributed by atoms with Crippen molar-refractivity contribution in [2.45, 2.75) is 6.42 Å². The van der Waals surface area contributed by atoms with Crippen molar-refractivity contribution in [2.75, 3.05) is 69.0 Å². The average molecular weight is 526 g/mol. The topological polar surface area (TPSA) is 115 Å². The summed E-state index contributed by atoms with van der Waals surface area (Å²) in [5, 5.41) is 18.3. The zero-order valence-corrected chi connectivity index (χ0v) is 21.8. The molecule has 0 saturated carbocycles. The van der Waals surface area contributed by atoms with E-state index in [1.54, 1.807) is 31.4 Å². The number of rotatable bonds is 9. The van der Waals surface area contributed by atoms with Gasteiger partial charge in [0.25, 0.3) is 5.91 Å². The summed E-state index contributed by atoms with van der Waals surface area (Å²) in [5.74, 6) is 1.01. The fourth-order valence-electron chi connectivity index (χ4n) is 4.10. The van der Waals surface area contributed by atoms with Gasteiger partial charge in [-0.15, -0.1) is 0 Å². The number of halogens is 1. The van der Waals surface area contributed by atoms with E-state index in [0.29, 0.717) is 33.8 Å². The van der Waals surface area contributed by atoms with Crippen LogP contribution in [0.3, 0.4) is 0 Å². The van der Waals surface area contributed by atoms with Crippen molar-refractivity contribution in [2.24, 2.45) is 0 Å². The van der Waals surface area contributed by atoms with Gasteiger partial charge >= 0.3 is 0 Å². The Morgan fingerprint density at radius 2 is 1.95 bits per heavy atom. The minimum Gasteiger partial charge on any atom is -0.494 e. The number of amides is 1. The lowest BCUT2D eigenvalue weighted by Gasteiger charge is -2.24. The molecule has 196 valence electrons. The molecule has 1 aromatic heterocycles. The molecule has 10 nitrogen and oxygen atoms in total. The van der Waals surface area contributed by atoms with Gasteiger partial charge < -0.3 is 35.6 Å². The van der Waals surface area contributed by atoms with Crippen LogP contribution in [0, 0.1) is 0 Å². The van der Waals surface area contributed by atoms with E-state index in [0.717, 1.165) is 44.0 Å². The van der Waals surface area contributed by atoms with Crippen LogP contribution < -0.4 is 25.6 Å². The van der Waals surface area contributed by atoms with E-state index < -0.39 is 0 Å². The third-order valence-electron chi connectivity index (χ3n) is 6.08. The van der Waals surface area contributed by atoms with E-state index in [1.807, 2.05) is 12.1 Å². The molecule has 0 bridgehead atoms. The van der Waals surface area contributed by atoms with E-state index in [4.69, 9.17) is 21.4 Å². The van der Waals surface area contributed by atoms with Gasteiger partial charge in [-0.1, -0.05) is 23.7 Å². The Balaban J connectivity index is 1.53. The second kappa shape index (κ2) is 12.6.